The highest BCUT2D eigenvalue weighted by molar-refractivity contribution is 7.98. The van der Waals surface area contributed by atoms with Crippen LogP contribution in [0.1, 0.15) is 17.3 Å². The van der Waals surface area contributed by atoms with Crippen molar-refractivity contribution in [3.8, 4) is 5.88 Å². The van der Waals surface area contributed by atoms with Crippen molar-refractivity contribution in [3.63, 3.8) is 0 Å². The number of fused-ring (bicyclic) bond motifs is 1. The molecule has 0 atom stereocenters. The largest absolute Gasteiger partial charge is 0.480 e. The third-order valence-electron chi connectivity index (χ3n) is 3.83. The highest BCUT2D eigenvalue weighted by atomic mass is 32.2. The summed E-state index contributed by atoms with van der Waals surface area (Å²) in [7, 11) is 3.27. The molecule has 1 amide bonds. The molecule has 0 fully saturated rings. The zero-order chi connectivity index (χ0) is 20.3. The number of rotatable bonds is 7. The summed E-state index contributed by atoms with van der Waals surface area (Å²) in [4.78, 5) is 16.6. The van der Waals surface area contributed by atoms with Gasteiger partial charge in [0.25, 0.3) is 5.91 Å². The molecule has 1 aromatic carbocycles. The molecule has 0 aliphatic heterocycles. The Morgan fingerprint density at radius 1 is 1.39 bits per heavy atom. The molecule has 28 heavy (non-hydrogen) atoms. The van der Waals surface area contributed by atoms with Crippen LogP contribution in [-0.2, 0) is 0 Å². The van der Waals surface area contributed by atoms with E-state index in [2.05, 4.69) is 20.1 Å². The third kappa shape index (κ3) is 4.15. The average Bonchev–Trinajstić information content (AvgIpc) is 3.09. The Balaban J connectivity index is 1.83. The SMILES string of the molecule is CCN(C)SNc1ccc(F)c(C(=O)Nc2cnc3cc(OC)nn3c2)c1F. The van der Waals surface area contributed by atoms with E-state index in [1.807, 2.05) is 11.2 Å². The van der Waals surface area contributed by atoms with Crippen molar-refractivity contribution in [2.75, 3.05) is 30.7 Å². The summed E-state index contributed by atoms with van der Waals surface area (Å²) in [5, 5.41) is 6.52. The topological polar surface area (TPSA) is 83.8 Å². The second kappa shape index (κ2) is 8.40. The van der Waals surface area contributed by atoms with Gasteiger partial charge >= 0.3 is 0 Å². The Hall–Kier alpha value is -2.92. The molecule has 3 rings (SSSR count). The van der Waals surface area contributed by atoms with E-state index in [4.69, 9.17) is 4.74 Å². The summed E-state index contributed by atoms with van der Waals surface area (Å²) in [6.45, 7) is 2.64. The van der Waals surface area contributed by atoms with Crippen LogP contribution in [0.25, 0.3) is 5.65 Å². The lowest BCUT2D eigenvalue weighted by Crippen LogP contribution is -2.18. The summed E-state index contributed by atoms with van der Waals surface area (Å²) in [6, 6.07) is 3.87. The maximum Gasteiger partial charge on any atom is 0.261 e. The quantitative estimate of drug-likeness (QED) is 0.581. The predicted molar refractivity (Wildman–Crippen MR) is 103 cm³/mol. The lowest BCUT2D eigenvalue weighted by Gasteiger charge is -2.15. The molecular weight excluding hydrogens is 390 g/mol. The molecule has 8 nitrogen and oxygen atoms in total. The summed E-state index contributed by atoms with van der Waals surface area (Å²) in [5.74, 6) is -2.54. The first-order valence-corrected chi connectivity index (χ1v) is 9.03. The molecule has 2 heterocycles. The highest BCUT2D eigenvalue weighted by Crippen LogP contribution is 2.25. The number of ether oxygens (including phenoxy) is 1. The minimum absolute atomic E-state index is 0.00207. The smallest absolute Gasteiger partial charge is 0.261 e. The lowest BCUT2D eigenvalue weighted by atomic mass is 10.1. The Bertz CT molecular complexity index is 1010. The number of methoxy groups -OCH3 is 1. The molecule has 11 heteroatoms. The predicted octanol–water partition coefficient (Wildman–Crippen LogP) is 3.20. The van der Waals surface area contributed by atoms with Gasteiger partial charge < -0.3 is 14.8 Å². The molecule has 0 radical (unpaired) electrons. The number of carbonyl (C=O) groups excluding carboxylic acids is 1. The molecule has 0 bridgehead atoms. The van der Waals surface area contributed by atoms with E-state index in [9.17, 15) is 13.6 Å². The van der Waals surface area contributed by atoms with E-state index in [1.54, 1.807) is 13.1 Å². The fourth-order valence-corrected chi connectivity index (χ4v) is 2.78. The normalized spacial score (nSPS) is 11.1. The number of hydrogen-bond donors (Lipinski definition) is 2. The third-order valence-corrected chi connectivity index (χ3v) is 4.71. The van der Waals surface area contributed by atoms with Gasteiger partial charge in [0, 0.05) is 24.7 Å². The van der Waals surface area contributed by atoms with Crippen LogP contribution in [-0.4, -0.2) is 45.5 Å². The summed E-state index contributed by atoms with van der Waals surface area (Å²) >= 11 is 1.14. The number of nitrogens with zero attached hydrogens (tertiary/aromatic N) is 4. The molecular formula is C17H18F2N6O2S. The molecule has 0 aliphatic carbocycles. The van der Waals surface area contributed by atoms with Gasteiger partial charge in [0.15, 0.2) is 11.5 Å². The molecule has 148 valence electrons. The van der Waals surface area contributed by atoms with E-state index >= 15 is 0 Å². The highest BCUT2D eigenvalue weighted by Gasteiger charge is 2.21. The molecule has 0 saturated carbocycles. The van der Waals surface area contributed by atoms with Crippen molar-refractivity contribution in [2.45, 2.75) is 6.92 Å². The number of amides is 1. The zero-order valence-electron chi connectivity index (χ0n) is 15.4. The van der Waals surface area contributed by atoms with Gasteiger partial charge in [-0.3, -0.25) is 4.79 Å². The minimum atomic E-state index is -0.982. The Labute approximate surface area is 164 Å². The fraction of sp³-hybridized carbons (Fsp3) is 0.235. The molecule has 0 spiro atoms. The minimum Gasteiger partial charge on any atom is -0.480 e. The summed E-state index contributed by atoms with van der Waals surface area (Å²) in [5.41, 5.74) is 0.0288. The second-order valence-corrected chi connectivity index (χ2v) is 6.72. The van der Waals surface area contributed by atoms with Crippen LogP contribution < -0.4 is 14.8 Å². The molecule has 0 unspecified atom stereocenters. The maximum absolute atomic E-state index is 14.7. The zero-order valence-corrected chi connectivity index (χ0v) is 16.2. The van der Waals surface area contributed by atoms with Gasteiger partial charge in [-0.1, -0.05) is 6.92 Å². The van der Waals surface area contributed by atoms with Gasteiger partial charge in [0.1, 0.15) is 11.4 Å². The Morgan fingerprint density at radius 3 is 2.89 bits per heavy atom. The lowest BCUT2D eigenvalue weighted by molar-refractivity contribution is 0.101. The van der Waals surface area contributed by atoms with Gasteiger partial charge in [0.05, 0.1) is 30.9 Å². The van der Waals surface area contributed by atoms with Crippen LogP contribution in [0, 0.1) is 11.6 Å². The van der Waals surface area contributed by atoms with Crippen LogP contribution in [0.4, 0.5) is 20.2 Å². The van der Waals surface area contributed by atoms with Crippen LogP contribution in [0.15, 0.2) is 30.6 Å². The monoisotopic (exact) mass is 408 g/mol. The van der Waals surface area contributed by atoms with Gasteiger partial charge in [-0.05, 0) is 19.2 Å². The molecule has 2 N–H and O–H groups in total. The van der Waals surface area contributed by atoms with Crippen molar-refractivity contribution in [3.05, 3.63) is 47.8 Å². The fourth-order valence-electron chi connectivity index (χ4n) is 2.24. The van der Waals surface area contributed by atoms with Crippen molar-refractivity contribution in [1.82, 2.24) is 18.9 Å². The van der Waals surface area contributed by atoms with Crippen LogP contribution in [0.5, 0.6) is 5.88 Å². The van der Waals surface area contributed by atoms with Crippen LogP contribution in [0.3, 0.4) is 0 Å². The number of hydrogen-bond acceptors (Lipinski definition) is 7. The van der Waals surface area contributed by atoms with E-state index in [0.29, 0.717) is 18.1 Å². The molecule has 0 saturated heterocycles. The van der Waals surface area contributed by atoms with E-state index in [0.717, 1.165) is 18.2 Å². The standard InChI is InChI=1S/C17H18F2N6O2S/c1-4-24(2)28-23-12-6-5-11(18)15(16(12)19)17(26)21-10-8-20-13-7-14(27-3)22-25(13)9-10/h5-9,23H,4H2,1-3H3,(H,21,26). The van der Waals surface area contributed by atoms with Crippen molar-refractivity contribution < 1.29 is 18.3 Å². The van der Waals surface area contributed by atoms with Gasteiger partial charge in [-0.25, -0.2) is 22.6 Å². The van der Waals surface area contributed by atoms with Gasteiger partial charge in [0.2, 0.25) is 5.88 Å². The van der Waals surface area contributed by atoms with Gasteiger partial charge in [-0.15, -0.1) is 5.10 Å². The average molecular weight is 408 g/mol. The van der Waals surface area contributed by atoms with E-state index < -0.39 is 23.1 Å². The van der Waals surface area contributed by atoms with E-state index in [1.165, 1.54) is 30.1 Å². The first kappa shape index (κ1) is 19.8. The molecule has 0 aliphatic rings. The van der Waals surface area contributed by atoms with Crippen molar-refractivity contribution in [2.24, 2.45) is 0 Å². The Kier molecular flexibility index (Phi) is 5.95. The number of anilines is 2. The summed E-state index contributed by atoms with van der Waals surface area (Å²) in [6.07, 6.45) is 2.82. The Morgan fingerprint density at radius 2 is 2.18 bits per heavy atom. The van der Waals surface area contributed by atoms with E-state index in [-0.39, 0.29) is 11.4 Å². The second-order valence-electron chi connectivity index (χ2n) is 5.71. The first-order valence-electron chi connectivity index (χ1n) is 8.25. The molecule has 2 aromatic heterocycles. The van der Waals surface area contributed by atoms with Crippen LogP contribution >= 0.6 is 12.1 Å². The number of nitrogens with one attached hydrogen (secondary N) is 2. The first-order chi connectivity index (χ1) is 13.4. The van der Waals surface area contributed by atoms with Crippen molar-refractivity contribution in [1.29, 1.82) is 0 Å². The number of aromatic nitrogens is 3. The maximum atomic E-state index is 14.7. The summed E-state index contributed by atoms with van der Waals surface area (Å²) < 4.78 is 39.8. The van der Waals surface area contributed by atoms with Crippen LogP contribution in [0.2, 0.25) is 0 Å². The number of benzene rings is 1. The van der Waals surface area contributed by atoms with Gasteiger partial charge in [-0.2, -0.15) is 0 Å². The number of halogens is 2. The number of carbonyl (C=O) groups is 1. The van der Waals surface area contributed by atoms with Crippen molar-refractivity contribution >= 4 is 35.1 Å². The molecule has 3 aromatic rings.